The third-order valence-corrected chi connectivity index (χ3v) is 7.73. The van der Waals surface area contributed by atoms with Crippen LogP contribution in [0.5, 0.6) is 0 Å². The van der Waals surface area contributed by atoms with E-state index in [1.165, 1.54) is 31.8 Å². The quantitative estimate of drug-likeness (QED) is 0.301. The van der Waals surface area contributed by atoms with Crippen molar-refractivity contribution in [2.24, 2.45) is 11.3 Å². The fraction of sp³-hybridized carbons (Fsp3) is 0.552. The SMILES string of the molecule is COC[C@H](CC(=O)[C@H](COC)NC(=O)c1cnc(C)s1)C(=O)N[C@@H](Cc1ccccc1)C(=O)C(C)(C)C1OCCO1. The number of nitrogens with zero attached hydrogens (tertiary/aromatic N) is 1. The predicted octanol–water partition coefficient (Wildman–Crippen LogP) is 2.11. The maximum atomic E-state index is 13.8. The molecule has 1 saturated heterocycles. The van der Waals surface area contributed by atoms with Gasteiger partial charge < -0.3 is 29.6 Å². The molecule has 41 heavy (non-hydrogen) atoms. The number of benzene rings is 1. The van der Waals surface area contributed by atoms with Crippen LogP contribution >= 0.6 is 11.3 Å². The fourth-order valence-corrected chi connectivity index (χ4v) is 5.26. The predicted molar refractivity (Wildman–Crippen MR) is 152 cm³/mol. The van der Waals surface area contributed by atoms with E-state index in [4.69, 9.17) is 18.9 Å². The number of Topliss-reactive ketones (excluding diaryl/α,β-unsaturated/α-hetero) is 2. The summed E-state index contributed by atoms with van der Waals surface area (Å²) in [6.07, 6.45) is 0.714. The first-order chi connectivity index (χ1) is 19.6. The molecular formula is C29H39N3O8S. The maximum absolute atomic E-state index is 13.8. The molecule has 0 spiro atoms. The lowest BCUT2D eigenvalue weighted by Crippen LogP contribution is -2.53. The number of carbonyl (C=O) groups excluding carboxylic acids is 4. The van der Waals surface area contributed by atoms with Gasteiger partial charge in [0.1, 0.15) is 10.9 Å². The van der Waals surface area contributed by atoms with E-state index in [1.807, 2.05) is 30.3 Å². The van der Waals surface area contributed by atoms with Gasteiger partial charge in [0.2, 0.25) is 5.91 Å². The lowest BCUT2D eigenvalue weighted by atomic mass is 9.81. The van der Waals surface area contributed by atoms with Crippen molar-refractivity contribution >= 4 is 34.7 Å². The molecule has 1 aliphatic rings. The number of amides is 2. The Labute approximate surface area is 244 Å². The number of thiazole rings is 1. The normalized spacial score (nSPS) is 16.1. The van der Waals surface area contributed by atoms with E-state index >= 15 is 0 Å². The summed E-state index contributed by atoms with van der Waals surface area (Å²) in [4.78, 5) is 57.8. The molecule has 0 aliphatic carbocycles. The molecule has 1 aliphatic heterocycles. The molecule has 11 nitrogen and oxygen atoms in total. The van der Waals surface area contributed by atoms with Crippen LogP contribution in [0.1, 0.15) is 40.5 Å². The maximum Gasteiger partial charge on any atom is 0.263 e. The minimum absolute atomic E-state index is 0.0657. The van der Waals surface area contributed by atoms with Crippen LogP contribution in [-0.4, -0.2) is 87.4 Å². The minimum atomic E-state index is -1.04. The molecule has 1 fully saturated rings. The van der Waals surface area contributed by atoms with Crippen molar-refractivity contribution < 1.29 is 38.1 Å². The average Bonchev–Trinajstić information content (AvgIpc) is 3.65. The third-order valence-electron chi connectivity index (χ3n) is 6.82. The van der Waals surface area contributed by atoms with Gasteiger partial charge in [-0.15, -0.1) is 11.3 Å². The topological polar surface area (TPSA) is 142 Å². The largest absolute Gasteiger partial charge is 0.384 e. The summed E-state index contributed by atoms with van der Waals surface area (Å²) in [5, 5.41) is 6.27. The Kier molecular flexibility index (Phi) is 12.1. The van der Waals surface area contributed by atoms with Gasteiger partial charge in [-0.3, -0.25) is 19.2 Å². The van der Waals surface area contributed by atoms with Crippen molar-refractivity contribution in [2.45, 2.75) is 52.0 Å². The van der Waals surface area contributed by atoms with Crippen LogP contribution in [0.25, 0.3) is 0 Å². The van der Waals surface area contributed by atoms with Gasteiger partial charge in [0.15, 0.2) is 17.9 Å². The van der Waals surface area contributed by atoms with E-state index in [2.05, 4.69) is 15.6 Å². The highest BCUT2D eigenvalue weighted by Crippen LogP contribution is 2.30. The minimum Gasteiger partial charge on any atom is -0.384 e. The van der Waals surface area contributed by atoms with Crippen LogP contribution in [0.3, 0.4) is 0 Å². The Bertz CT molecular complexity index is 1180. The molecule has 0 radical (unpaired) electrons. The molecule has 0 unspecified atom stereocenters. The van der Waals surface area contributed by atoms with E-state index in [-0.39, 0.29) is 31.8 Å². The second-order valence-corrected chi connectivity index (χ2v) is 11.7. The van der Waals surface area contributed by atoms with Crippen LogP contribution in [0.15, 0.2) is 36.5 Å². The highest BCUT2D eigenvalue weighted by atomic mass is 32.1. The Morgan fingerprint density at radius 3 is 2.27 bits per heavy atom. The molecule has 1 aromatic carbocycles. The fourth-order valence-electron chi connectivity index (χ4n) is 4.58. The number of methoxy groups -OCH3 is 2. The number of hydrogen-bond acceptors (Lipinski definition) is 10. The van der Waals surface area contributed by atoms with Gasteiger partial charge in [0, 0.05) is 20.6 Å². The smallest absolute Gasteiger partial charge is 0.263 e. The molecule has 0 saturated carbocycles. The average molecular weight is 590 g/mol. The first-order valence-corrected chi connectivity index (χ1v) is 14.2. The first-order valence-electron chi connectivity index (χ1n) is 13.4. The molecule has 2 N–H and O–H groups in total. The number of hydrogen-bond donors (Lipinski definition) is 2. The molecule has 224 valence electrons. The number of aryl methyl sites for hydroxylation is 1. The highest BCUT2D eigenvalue weighted by Gasteiger charge is 2.44. The van der Waals surface area contributed by atoms with Crippen molar-refractivity contribution in [2.75, 3.05) is 40.6 Å². The second kappa shape index (κ2) is 15.3. The van der Waals surface area contributed by atoms with Gasteiger partial charge in [0.25, 0.3) is 5.91 Å². The summed E-state index contributed by atoms with van der Waals surface area (Å²) in [7, 11) is 2.84. The van der Waals surface area contributed by atoms with Crippen molar-refractivity contribution in [3.8, 4) is 0 Å². The van der Waals surface area contributed by atoms with E-state index in [0.29, 0.717) is 18.1 Å². The zero-order chi connectivity index (χ0) is 30.0. The van der Waals surface area contributed by atoms with Crippen molar-refractivity contribution in [3.05, 3.63) is 52.0 Å². The van der Waals surface area contributed by atoms with Crippen LogP contribution in [-0.2, 0) is 39.8 Å². The Hall–Kier alpha value is -3.03. The third kappa shape index (κ3) is 8.98. The summed E-state index contributed by atoms with van der Waals surface area (Å²) in [6, 6.07) is 7.44. The van der Waals surface area contributed by atoms with Gasteiger partial charge in [-0.25, -0.2) is 4.98 Å². The van der Waals surface area contributed by atoms with Crippen LogP contribution in [0.4, 0.5) is 0 Å². The highest BCUT2D eigenvalue weighted by molar-refractivity contribution is 7.13. The number of nitrogens with one attached hydrogen (secondary N) is 2. The second-order valence-electron chi connectivity index (χ2n) is 10.5. The Morgan fingerprint density at radius 1 is 1.02 bits per heavy atom. The monoisotopic (exact) mass is 589 g/mol. The molecule has 0 bridgehead atoms. The zero-order valence-electron chi connectivity index (χ0n) is 24.1. The summed E-state index contributed by atoms with van der Waals surface area (Å²) >= 11 is 1.21. The first kappa shape index (κ1) is 32.5. The van der Waals surface area contributed by atoms with Gasteiger partial charge in [0.05, 0.1) is 55.0 Å². The Morgan fingerprint density at radius 2 is 1.68 bits per heavy atom. The standard InChI is InChI=1S/C29H39N3O8S/c1-18-30-15-24(41-18)27(36)32-22(17-38-5)23(33)14-20(16-37-4)26(35)31-21(13-19-9-7-6-8-10-19)25(34)29(2,3)28-39-11-12-40-28/h6-10,15,20-22,28H,11-14,16-17H2,1-5H3,(H,31,35)(H,32,36)/t20-,21-,22-/m0/s1. The van der Waals surface area contributed by atoms with Crippen molar-refractivity contribution in [3.63, 3.8) is 0 Å². The van der Waals surface area contributed by atoms with Gasteiger partial charge >= 0.3 is 0 Å². The molecule has 12 heteroatoms. The molecule has 2 heterocycles. The van der Waals surface area contributed by atoms with E-state index < -0.39 is 47.3 Å². The summed E-state index contributed by atoms with van der Waals surface area (Å²) in [5.74, 6) is -2.54. The number of aromatic nitrogens is 1. The van der Waals surface area contributed by atoms with Crippen molar-refractivity contribution in [1.29, 1.82) is 0 Å². The van der Waals surface area contributed by atoms with E-state index in [9.17, 15) is 19.2 Å². The molecule has 3 rings (SSSR count). The molecular weight excluding hydrogens is 550 g/mol. The van der Waals surface area contributed by atoms with Crippen LogP contribution in [0, 0.1) is 18.3 Å². The van der Waals surface area contributed by atoms with Gasteiger partial charge in [-0.05, 0) is 32.8 Å². The molecule has 2 aromatic rings. The summed E-state index contributed by atoms with van der Waals surface area (Å²) in [6.45, 7) is 5.87. The lowest BCUT2D eigenvalue weighted by Gasteiger charge is -2.33. The van der Waals surface area contributed by atoms with Crippen LogP contribution < -0.4 is 10.6 Å². The van der Waals surface area contributed by atoms with E-state index in [0.717, 1.165) is 10.6 Å². The Balaban J connectivity index is 1.76. The number of carbonyl (C=O) groups is 4. The summed E-state index contributed by atoms with van der Waals surface area (Å²) < 4.78 is 21.7. The zero-order valence-corrected chi connectivity index (χ0v) is 25.0. The van der Waals surface area contributed by atoms with E-state index in [1.54, 1.807) is 20.8 Å². The molecule has 3 atom stereocenters. The summed E-state index contributed by atoms with van der Waals surface area (Å²) in [5.41, 5.74) is -0.186. The number of ether oxygens (including phenoxy) is 4. The lowest BCUT2D eigenvalue weighted by molar-refractivity contribution is -0.158. The number of rotatable bonds is 16. The molecule has 1 aromatic heterocycles. The van der Waals surface area contributed by atoms with Gasteiger partial charge in [-0.2, -0.15) is 0 Å². The molecule has 2 amide bonds. The van der Waals surface area contributed by atoms with Crippen LogP contribution in [0.2, 0.25) is 0 Å². The number of ketones is 2. The van der Waals surface area contributed by atoms with Crippen molar-refractivity contribution in [1.82, 2.24) is 15.6 Å². The van der Waals surface area contributed by atoms with Gasteiger partial charge in [-0.1, -0.05) is 30.3 Å².